The molecule has 0 radical (unpaired) electrons. The molecule has 3 rings (SSSR count). The van der Waals surface area contributed by atoms with Crippen molar-refractivity contribution in [3.63, 3.8) is 0 Å². The minimum atomic E-state index is 0.674. The average Bonchev–Trinajstić information content (AvgIpc) is 2.87. The van der Waals surface area contributed by atoms with Crippen molar-refractivity contribution in [2.45, 2.75) is 38.4 Å². The maximum absolute atomic E-state index is 5.86. The first-order valence-corrected chi connectivity index (χ1v) is 6.53. The summed E-state index contributed by atoms with van der Waals surface area (Å²) in [6.45, 7) is 6.96. The van der Waals surface area contributed by atoms with Crippen LogP contribution in [0.5, 0.6) is 0 Å². The third kappa shape index (κ3) is 1.78. The zero-order chi connectivity index (χ0) is 12.0. The minimum absolute atomic E-state index is 0.674. The van der Waals surface area contributed by atoms with E-state index in [2.05, 4.69) is 41.8 Å². The molecule has 2 atom stereocenters. The molecule has 2 aliphatic heterocycles. The number of nitrogens with zero attached hydrogens (tertiary/aromatic N) is 2. The van der Waals surface area contributed by atoms with Crippen molar-refractivity contribution in [3.8, 4) is 0 Å². The second kappa shape index (κ2) is 3.91. The first-order valence-electron chi connectivity index (χ1n) is 6.53. The van der Waals surface area contributed by atoms with Gasteiger partial charge in [0.25, 0.3) is 0 Å². The molecule has 0 saturated carbocycles. The van der Waals surface area contributed by atoms with Gasteiger partial charge in [0, 0.05) is 42.6 Å². The van der Waals surface area contributed by atoms with Crippen LogP contribution in [0.1, 0.15) is 20.3 Å². The Hall–Kier alpha value is -1.22. The van der Waals surface area contributed by atoms with Gasteiger partial charge in [-0.1, -0.05) is 6.07 Å². The van der Waals surface area contributed by atoms with Gasteiger partial charge in [-0.2, -0.15) is 0 Å². The van der Waals surface area contributed by atoms with E-state index in [0.717, 1.165) is 18.3 Å². The van der Waals surface area contributed by atoms with E-state index >= 15 is 0 Å². The van der Waals surface area contributed by atoms with Gasteiger partial charge in [0.15, 0.2) is 0 Å². The number of piperazine rings is 1. The van der Waals surface area contributed by atoms with Crippen molar-refractivity contribution in [2.24, 2.45) is 0 Å². The fourth-order valence-corrected chi connectivity index (χ4v) is 3.35. The van der Waals surface area contributed by atoms with Crippen molar-refractivity contribution in [1.82, 2.24) is 4.90 Å². The lowest BCUT2D eigenvalue weighted by atomic mass is 10.2. The van der Waals surface area contributed by atoms with Crippen LogP contribution in [0.3, 0.4) is 0 Å². The molecule has 0 aromatic heterocycles. The summed E-state index contributed by atoms with van der Waals surface area (Å²) in [5.41, 5.74) is 8.02. The quantitative estimate of drug-likeness (QED) is 0.790. The molecule has 1 aromatic rings. The fraction of sp³-hybridized carbons (Fsp3) is 0.571. The molecule has 17 heavy (non-hydrogen) atoms. The molecule has 0 aliphatic carbocycles. The Labute approximate surface area is 103 Å². The van der Waals surface area contributed by atoms with E-state index in [1.54, 1.807) is 0 Å². The van der Waals surface area contributed by atoms with Crippen molar-refractivity contribution in [1.29, 1.82) is 0 Å². The number of nitrogen functional groups attached to an aromatic ring is 1. The Morgan fingerprint density at radius 2 is 2.06 bits per heavy atom. The highest BCUT2D eigenvalue weighted by atomic mass is 15.4. The molecule has 3 nitrogen and oxygen atoms in total. The number of likely N-dealkylation sites (tertiary alicyclic amines) is 1. The van der Waals surface area contributed by atoms with Gasteiger partial charge in [-0.15, -0.1) is 0 Å². The van der Waals surface area contributed by atoms with Crippen molar-refractivity contribution in [3.05, 3.63) is 24.3 Å². The van der Waals surface area contributed by atoms with Crippen LogP contribution in [0.4, 0.5) is 11.4 Å². The molecule has 2 heterocycles. The summed E-state index contributed by atoms with van der Waals surface area (Å²) in [5, 5.41) is 0. The molecule has 1 aromatic carbocycles. The van der Waals surface area contributed by atoms with E-state index in [4.69, 9.17) is 5.73 Å². The lowest BCUT2D eigenvalue weighted by molar-refractivity contribution is 0.191. The number of hydrogen-bond acceptors (Lipinski definition) is 3. The highest BCUT2D eigenvalue weighted by molar-refractivity contribution is 5.57. The summed E-state index contributed by atoms with van der Waals surface area (Å²) in [6, 6.07) is 10.4. The van der Waals surface area contributed by atoms with E-state index in [1.807, 2.05) is 6.07 Å². The summed E-state index contributed by atoms with van der Waals surface area (Å²) in [6.07, 6.45) is 1.31. The zero-order valence-corrected chi connectivity index (χ0v) is 10.6. The van der Waals surface area contributed by atoms with Gasteiger partial charge < -0.3 is 10.6 Å². The maximum Gasteiger partial charge on any atom is 0.0433 e. The van der Waals surface area contributed by atoms with E-state index < -0.39 is 0 Å². The van der Waals surface area contributed by atoms with Crippen LogP contribution in [0.15, 0.2) is 24.3 Å². The third-order valence-corrected chi connectivity index (χ3v) is 4.15. The predicted molar refractivity (Wildman–Crippen MR) is 72.2 cm³/mol. The molecule has 2 saturated heterocycles. The first kappa shape index (κ1) is 10.9. The maximum atomic E-state index is 5.86. The summed E-state index contributed by atoms with van der Waals surface area (Å²) in [5.74, 6) is 0. The number of nitrogens with two attached hydrogens (primary N) is 1. The van der Waals surface area contributed by atoms with Crippen LogP contribution < -0.4 is 10.6 Å². The van der Waals surface area contributed by atoms with Crippen LogP contribution in [0.2, 0.25) is 0 Å². The van der Waals surface area contributed by atoms with Gasteiger partial charge in [0.05, 0.1) is 0 Å². The van der Waals surface area contributed by atoms with Crippen LogP contribution in [-0.2, 0) is 0 Å². The standard InChI is InChI=1S/C14H21N3/c1-10(2)16-8-14-7-13(16)9-17(14)12-5-3-4-11(15)6-12/h3-6,10,13-14H,7-9,15H2,1-2H3. The third-order valence-electron chi connectivity index (χ3n) is 4.15. The second-order valence-corrected chi connectivity index (χ2v) is 5.58. The average molecular weight is 231 g/mol. The first-order chi connectivity index (χ1) is 8.15. The SMILES string of the molecule is CC(C)N1CC2CC1CN2c1cccc(N)c1. The Morgan fingerprint density at radius 1 is 1.24 bits per heavy atom. The zero-order valence-electron chi connectivity index (χ0n) is 10.6. The van der Waals surface area contributed by atoms with Crippen molar-refractivity contribution < 1.29 is 0 Å². The van der Waals surface area contributed by atoms with E-state index in [1.165, 1.54) is 18.7 Å². The van der Waals surface area contributed by atoms with Crippen LogP contribution in [-0.4, -0.2) is 36.1 Å². The summed E-state index contributed by atoms with van der Waals surface area (Å²) < 4.78 is 0. The molecule has 2 fully saturated rings. The van der Waals surface area contributed by atoms with Crippen LogP contribution in [0, 0.1) is 0 Å². The van der Waals surface area contributed by atoms with Gasteiger partial charge in [-0.05, 0) is 38.5 Å². The van der Waals surface area contributed by atoms with Gasteiger partial charge in [-0.3, -0.25) is 4.90 Å². The highest BCUT2D eigenvalue weighted by Gasteiger charge is 2.43. The minimum Gasteiger partial charge on any atom is -0.399 e. The van der Waals surface area contributed by atoms with Gasteiger partial charge in [0.2, 0.25) is 0 Å². The molecule has 0 spiro atoms. The summed E-state index contributed by atoms with van der Waals surface area (Å²) >= 11 is 0. The van der Waals surface area contributed by atoms with Crippen LogP contribution in [0.25, 0.3) is 0 Å². The van der Waals surface area contributed by atoms with E-state index in [9.17, 15) is 0 Å². The Balaban J connectivity index is 1.78. The molecular weight excluding hydrogens is 210 g/mol. The second-order valence-electron chi connectivity index (χ2n) is 5.58. The molecule has 2 aliphatic rings. The van der Waals surface area contributed by atoms with Gasteiger partial charge >= 0.3 is 0 Å². The Morgan fingerprint density at radius 3 is 2.65 bits per heavy atom. The van der Waals surface area contributed by atoms with E-state index in [0.29, 0.717) is 12.1 Å². The molecule has 92 valence electrons. The monoisotopic (exact) mass is 231 g/mol. The Bertz CT molecular complexity index is 416. The lowest BCUT2D eigenvalue weighted by Gasteiger charge is -2.37. The smallest absolute Gasteiger partial charge is 0.0433 e. The molecule has 2 bridgehead atoms. The van der Waals surface area contributed by atoms with Gasteiger partial charge in [-0.25, -0.2) is 0 Å². The molecule has 2 unspecified atom stereocenters. The predicted octanol–water partition coefficient (Wildman–Crippen LogP) is 1.94. The number of rotatable bonds is 2. The number of anilines is 2. The van der Waals surface area contributed by atoms with E-state index in [-0.39, 0.29) is 0 Å². The number of hydrogen-bond donors (Lipinski definition) is 1. The van der Waals surface area contributed by atoms with Crippen LogP contribution >= 0.6 is 0 Å². The lowest BCUT2D eigenvalue weighted by Crippen LogP contribution is -2.48. The highest BCUT2D eigenvalue weighted by Crippen LogP contribution is 2.35. The molecular formula is C14H21N3. The summed E-state index contributed by atoms with van der Waals surface area (Å²) in [4.78, 5) is 5.16. The largest absolute Gasteiger partial charge is 0.399 e. The number of fused-ring (bicyclic) bond motifs is 2. The number of benzene rings is 1. The summed E-state index contributed by atoms with van der Waals surface area (Å²) in [7, 11) is 0. The normalized spacial score (nSPS) is 28.3. The topological polar surface area (TPSA) is 32.5 Å². The fourth-order valence-electron chi connectivity index (χ4n) is 3.35. The van der Waals surface area contributed by atoms with Crippen molar-refractivity contribution >= 4 is 11.4 Å². The van der Waals surface area contributed by atoms with Crippen molar-refractivity contribution in [2.75, 3.05) is 23.7 Å². The molecule has 0 amide bonds. The molecule has 3 heteroatoms. The molecule has 2 N–H and O–H groups in total. The van der Waals surface area contributed by atoms with Gasteiger partial charge in [0.1, 0.15) is 0 Å². The Kier molecular flexibility index (Phi) is 2.51.